The molecule has 2 aromatic rings. The summed E-state index contributed by atoms with van der Waals surface area (Å²) in [7, 11) is 0. The summed E-state index contributed by atoms with van der Waals surface area (Å²) in [4.78, 5) is 13.2. The highest BCUT2D eigenvalue weighted by Gasteiger charge is 2.29. The van der Waals surface area contributed by atoms with E-state index in [0.29, 0.717) is 18.3 Å². The quantitative estimate of drug-likeness (QED) is 0.841. The van der Waals surface area contributed by atoms with Gasteiger partial charge in [0.2, 0.25) is 17.7 Å². The normalized spacial score (nSPS) is 18.5. The average Bonchev–Trinajstić information content (AvgIpc) is 3.08. The van der Waals surface area contributed by atoms with Crippen LogP contribution in [-0.4, -0.2) is 34.1 Å². The second-order valence-electron chi connectivity index (χ2n) is 5.26. The van der Waals surface area contributed by atoms with Crippen LogP contribution in [0, 0.1) is 6.92 Å². The minimum atomic E-state index is 0.103. The molecule has 1 aromatic heterocycles. The lowest BCUT2D eigenvalue weighted by Crippen LogP contribution is -2.25. The summed E-state index contributed by atoms with van der Waals surface area (Å²) in [6.07, 6.45) is 0.884. The number of nitrogens with zero attached hydrogens (tertiary/aromatic N) is 3. The van der Waals surface area contributed by atoms with Gasteiger partial charge in [-0.1, -0.05) is 17.7 Å². The smallest absolute Gasteiger partial charge is 0.247 e. The van der Waals surface area contributed by atoms with E-state index in [4.69, 9.17) is 4.42 Å². The summed E-state index contributed by atoms with van der Waals surface area (Å²) in [6.45, 7) is 5.07. The van der Waals surface area contributed by atoms with Crippen molar-refractivity contribution < 1.29 is 9.21 Å². The minimum Gasteiger partial charge on any atom is -0.420 e. The van der Waals surface area contributed by atoms with Crippen molar-refractivity contribution in [3.63, 3.8) is 0 Å². The molecule has 0 bridgehead atoms. The molecule has 1 atom stereocenters. The summed E-state index contributed by atoms with van der Waals surface area (Å²) < 4.78 is 5.76. The molecule has 0 radical (unpaired) electrons. The number of carbonyl (C=O) groups is 1. The summed E-state index contributed by atoms with van der Waals surface area (Å²) in [5.41, 5.74) is 2.12. The van der Waals surface area contributed by atoms with Crippen LogP contribution in [0.25, 0.3) is 11.5 Å². The fourth-order valence-electron chi connectivity index (χ4n) is 2.46. The van der Waals surface area contributed by atoms with Crippen LogP contribution in [0.15, 0.2) is 28.7 Å². The molecule has 0 spiro atoms. The summed E-state index contributed by atoms with van der Waals surface area (Å²) in [5.74, 6) is 1.43. The highest BCUT2D eigenvalue weighted by atomic mass is 16.4. The number of hydrogen-bond donors (Lipinski definition) is 0. The van der Waals surface area contributed by atoms with Gasteiger partial charge in [-0.25, -0.2) is 0 Å². The van der Waals surface area contributed by atoms with Crippen LogP contribution in [-0.2, 0) is 4.79 Å². The van der Waals surface area contributed by atoms with Crippen molar-refractivity contribution >= 4 is 5.91 Å². The predicted molar refractivity (Wildman–Crippen MR) is 74.1 cm³/mol. The summed E-state index contributed by atoms with van der Waals surface area (Å²) >= 11 is 0. The number of likely N-dealkylation sites (tertiary alicyclic amines) is 1. The molecule has 1 unspecified atom stereocenters. The third kappa shape index (κ3) is 2.43. The lowest BCUT2D eigenvalue weighted by Gasteiger charge is -2.11. The topological polar surface area (TPSA) is 59.2 Å². The van der Waals surface area contributed by atoms with E-state index >= 15 is 0 Å². The fourth-order valence-corrected chi connectivity index (χ4v) is 2.46. The van der Waals surface area contributed by atoms with Gasteiger partial charge >= 0.3 is 0 Å². The van der Waals surface area contributed by atoms with E-state index in [1.165, 1.54) is 5.56 Å². The van der Waals surface area contributed by atoms with Crippen molar-refractivity contribution in [2.45, 2.75) is 26.2 Å². The van der Waals surface area contributed by atoms with Crippen LogP contribution in [0.3, 0.4) is 0 Å². The van der Waals surface area contributed by atoms with Gasteiger partial charge in [0, 0.05) is 25.6 Å². The Balaban J connectivity index is 1.77. The van der Waals surface area contributed by atoms with Gasteiger partial charge in [-0.15, -0.1) is 10.2 Å². The van der Waals surface area contributed by atoms with Gasteiger partial charge in [-0.05, 0) is 25.5 Å². The number of hydrogen-bond acceptors (Lipinski definition) is 4. The summed E-state index contributed by atoms with van der Waals surface area (Å²) in [6, 6.07) is 7.99. The molecule has 1 aliphatic rings. The zero-order chi connectivity index (χ0) is 14.1. The maximum Gasteiger partial charge on any atom is 0.247 e. The molecule has 1 aromatic carbocycles. The Labute approximate surface area is 117 Å². The highest BCUT2D eigenvalue weighted by Crippen LogP contribution is 2.28. The Morgan fingerprint density at radius 2 is 2.05 bits per heavy atom. The average molecular weight is 271 g/mol. The second-order valence-corrected chi connectivity index (χ2v) is 5.26. The Bertz CT molecular complexity index is 618. The molecule has 104 valence electrons. The first-order valence-corrected chi connectivity index (χ1v) is 6.79. The molecule has 0 aliphatic carbocycles. The van der Waals surface area contributed by atoms with E-state index in [9.17, 15) is 4.79 Å². The SMILES string of the molecule is CC(=O)N1CCC(c2nnc(-c3ccc(C)cc3)o2)C1. The van der Waals surface area contributed by atoms with Gasteiger partial charge < -0.3 is 9.32 Å². The first kappa shape index (κ1) is 12.8. The Morgan fingerprint density at radius 1 is 1.30 bits per heavy atom. The Hall–Kier alpha value is -2.17. The van der Waals surface area contributed by atoms with Gasteiger partial charge in [0.15, 0.2) is 0 Å². The van der Waals surface area contributed by atoms with Crippen LogP contribution < -0.4 is 0 Å². The lowest BCUT2D eigenvalue weighted by molar-refractivity contribution is -0.127. The van der Waals surface area contributed by atoms with Gasteiger partial charge in [0.1, 0.15) is 0 Å². The molecular weight excluding hydrogens is 254 g/mol. The molecule has 1 aliphatic heterocycles. The van der Waals surface area contributed by atoms with Crippen LogP contribution >= 0.6 is 0 Å². The molecule has 0 N–H and O–H groups in total. The van der Waals surface area contributed by atoms with Gasteiger partial charge in [0.25, 0.3) is 0 Å². The molecule has 1 fully saturated rings. The first-order chi connectivity index (χ1) is 9.63. The van der Waals surface area contributed by atoms with Crippen molar-refractivity contribution in [3.8, 4) is 11.5 Å². The van der Waals surface area contributed by atoms with Gasteiger partial charge in [-0.3, -0.25) is 4.79 Å². The van der Waals surface area contributed by atoms with E-state index in [1.54, 1.807) is 6.92 Å². The molecule has 0 saturated carbocycles. The molecule has 1 saturated heterocycles. The first-order valence-electron chi connectivity index (χ1n) is 6.79. The number of benzene rings is 1. The van der Waals surface area contributed by atoms with Crippen molar-refractivity contribution in [2.24, 2.45) is 0 Å². The second kappa shape index (κ2) is 5.07. The third-order valence-corrected chi connectivity index (χ3v) is 3.72. The van der Waals surface area contributed by atoms with Crippen LogP contribution in [0.2, 0.25) is 0 Å². The molecule has 5 heteroatoms. The van der Waals surface area contributed by atoms with Gasteiger partial charge in [-0.2, -0.15) is 0 Å². The standard InChI is InChI=1S/C15H17N3O2/c1-10-3-5-12(6-4-10)14-16-17-15(20-14)13-7-8-18(9-13)11(2)19/h3-6,13H,7-9H2,1-2H3. The monoisotopic (exact) mass is 271 g/mol. The van der Waals surface area contributed by atoms with E-state index in [1.807, 2.05) is 36.1 Å². The molecule has 3 rings (SSSR count). The van der Waals surface area contributed by atoms with Crippen LogP contribution in [0.5, 0.6) is 0 Å². The van der Waals surface area contributed by atoms with Crippen molar-refractivity contribution in [1.29, 1.82) is 0 Å². The number of amides is 1. The van der Waals surface area contributed by atoms with Gasteiger partial charge in [0.05, 0.1) is 5.92 Å². The molecule has 5 nitrogen and oxygen atoms in total. The molecule has 2 heterocycles. The largest absolute Gasteiger partial charge is 0.420 e. The van der Waals surface area contributed by atoms with E-state index < -0.39 is 0 Å². The molecule has 20 heavy (non-hydrogen) atoms. The maximum absolute atomic E-state index is 11.3. The summed E-state index contributed by atoms with van der Waals surface area (Å²) in [5, 5.41) is 8.25. The fraction of sp³-hybridized carbons (Fsp3) is 0.400. The zero-order valence-corrected chi connectivity index (χ0v) is 11.7. The van der Waals surface area contributed by atoms with E-state index in [2.05, 4.69) is 10.2 Å². The van der Waals surface area contributed by atoms with E-state index in [-0.39, 0.29) is 11.8 Å². The third-order valence-electron chi connectivity index (χ3n) is 3.72. The lowest BCUT2D eigenvalue weighted by atomic mass is 10.1. The Morgan fingerprint density at radius 3 is 2.70 bits per heavy atom. The van der Waals surface area contributed by atoms with Crippen molar-refractivity contribution in [3.05, 3.63) is 35.7 Å². The highest BCUT2D eigenvalue weighted by molar-refractivity contribution is 5.73. The van der Waals surface area contributed by atoms with Crippen molar-refractivity contribution in [1.82, 2.24) is 15.1 Å². The molecular formula is C15H17N3O2. The maximum atomic E-state index is 11.3. The van der Waals surface area contributed by atoms with Crippen molar-refractivity contribution in [2.75, 3.05) is 13.1 Å². The number of aromatic nitrogens is 2. The predicted octanol–water partition coefficient (Wildman–Crippen LogP) is 2.38. The number of aryl methyl sites for hydroxylation is 1. The van der Waals surface area contributed by atoms with Crippen LogP contribution in [0.4, 0.5) is 0 Å². The number of rotatable bonds is 2. The minimum absolute atomic E-state index is 0.103. The van der Waals surface area contributed by atoms with E-state index in [0.717, 1.165) is 18.5 Å². The zero-order valence-electron chi connectivity index (χ0n) is 11.7. The molecule has 1 amide bonds. The number of carbonyl (C=O) groups excluding carboxylic acids is 1. The Kier molecular flexibility index (Phi) is 3.26. The van der Waals surface area contributed by atoms with Crippen LogP contribution in [0.1, 0.15) is 30.7 Å².